The number of pyridine rings is 6. The molecule has 0 saturated carbocycles. The summed E-state index contributed by atoms with van der Waals surface area (Å²) in [6, 6.07) is 129. The van der Waals surface area contributed by atoms with Crippen LogP contribution in [-0.4, -0.2) is 29.9 Å². The second-order valence-corrected chi connectivity index (χ2v) is 22.9. The quantitative estimate of drug-likeness (QED) is 0.120. The fraction of sp³-hybridized carbons (Fsp3) is 0.0769. The van der Waals surface area contributed by atoms with Crippen LogP contribution in [0.1, 0.15) is 36.6 Å². The summed E-state index contributed by atoms with van der Waals surface area (Å²) in [5, 5.41) is 0. The molecule has 100 heavy (non-hydrogen) atoms. The topological polar surface area (TPSA) is 77.3 Å². The predicted molar refractivity (Wildman–Crippen MR) is 400 cm³/mol. The molecule has 15 aromatic rings. The molecule has 0 aliphatic carbocycles. The Morgan fingerprint density at radius 1 is 0.250 bits per heavy atom. The number of benzene rings is 9. The van der Waals surface area contributed by atoms with Crippen molar-refractivity contribution in [1.29, 1.82) is 0 Å². The van der Waals surface area contributed by atoms with E-state index in [2.05, 4.69) is 189 Å². The minimum absolute atomic E-state index is 0. The van der Waals surface area contributed by atoms with E-state index in [0.717, 1.165) is 96.7 Å². The third-order valence-corrected chi connectivity index (χ3v) is 14.9. The van der Waals surface area contributed by atoms with Gasteiger partial charge in [-0.3, -0.25) is 0 Å². The maximum absolute atomic E-state index is 4.65. The van der Waals surface area contributed by atoms with Crippen LogP contribution in [0.15, 0.2) is 340 Å². The Kier molecular flexibility index (Phi) is 32.4. The van der Waals surface area contributed by atoms with Gasteiger partial charge in [0, 0.05) is 95.5 Å². The molecular weight excluding hydrogens is 1750 g/mol. The Bertz CT molecular complexity index is 4550. The van der Waals surface area contributed by atoms with Crippen LogP contribution < -0.4 is 0 Å². The minimum atomic E-state index is 0. The van der Waals surface area contributed by atoms with Gasteiger partial charge in [0.1, 0.15) is 0 Å². The van der Waals surface area contributed by atoms with E-state index >= 15 is 0 Å². The number of rotatable bonds is 11. The normalized spacial score (nSPS) is 9.94. The minimum Gasteiger partial charge on any atom is -0.305 e. The zero-order chi connectivity index (χ0) is 67.1. The molecule has 0 aliphatic heterocycles. The Hall–Kier alpha value is -10.2. The molecule has 0 amide bonds. The van der Waals surface area contributed by atoms with Gasteiger partial charge in [0.05, 0.1) is 0 Å². The second-order valence-electron chi connectivity index (χ2n) is 22.9. The van der Waals surface area contributed by atoms with Crippen LogP contribution in [0.5, 0.6) is 0 Å². The molecule has 0 aliphatic rings. The van der Waals surface area contributed by atoms with Crippen molar-refractivity contribution in [2.75, 3.05) is 0 Å². The number of aromatic nitrogens is 6. The van der Waals surface area contributed by atoms with Crippen LogP contribution in [0.3, 0.4) is 0 Å². The maximum atomic E-state index is 4.65. The fourth-order valence-electron chi connectivity index (χ4n) is 10.2. The van der Waals surface area contributed by atoms with Crippen LogP contribution in [0.2, 0.25) is 0 Å². The molecule has 6 heterocycles. The van der Waals surface area contributed by atoms with Crippen molar-refractivity contribution < 1.29 is 60.3 Å². The SMILES string of the molecule is CC(C)Cc1cccc(-c2[c-]cccc2)n1.Cc1cccc(-c2[c-]ccc(-c3ccccc3)c2)n1.Cc1cccc(-c2[c-]ccc(-c3ccccc3)c2)n1.Cc1cccc(-c2[c-]cccc2)n1.[Ir].[Ir].[Ir].[c-]1ccc(-c2ccccc2)cc1-c1ccccn1.[c-]1ccccc1-c1ccccn1. The van der Waals surface area contributed by atoms with Crippen LogP contribution in [-0.2, 0) is 66.7 Å². The summed E-state index contributed by atoms with van der Waals surface area (Å²) < 4.78 is 0. The molecule has 9 aromatic carbocycles. The van der Waals surface area contributed by atoms with Crippen LogP contribution >= 0.6 is 0 Å². The largest absolute Gasteiger partial charge is 0.305 e. The molecule has 15 rings (SSSR count). The van der Waals surface area contributed by atoms with E-state index in [1.165, 1.54) is 33.4 Å². The first-order valence-electron chi connectivity index (χ1n) is 32.4. The Labute approximate surface area is 632 Å². The second kappa shape index (κ2) is 41.9. The molecule has 501 valence electrons. The summed E-state index contributed by atoms with van der Waals surface area (Å²) in [5.74, 6) is 0.641. The molecule has 0 atom stereocenters. The summed E-state index contributed by atoms with van der Waals surface area (Å²) in [6.45, 7) is 10.4. The molecule has 0 N–H and O–H groups in total. The van der Waals surface area contributed by atoms with Gasteiger partial charge in [0.2, 0.25) is 0 Å². The fourth-order valence-corrected chi connectivity index (χ4v) is 10.2. The Morgan fingerprint density at radius 3 is 0.870 bits per heavy atom. The summed E-state index contributed by atoms with van der Waals surface area (Å²) in [6.07, 6.45) is 4.62. The standard InChI is InChI=1S/2C18H14N.C17H12N.C15H16N.C12H10N.C11H8N.3Ir/c2*1-14-7-5-12-18(19-14)17-11-6-10-16(13-17)15-8-3-2-4-9-15;1-2-7-14(8-3-1)15-9-6-10-16(13-15)17-11-4-5-12-18-17;1-12(2)11-14-9-6-10-15(16-14)13-7-4-3-5-8-13;1-10-6-5-9-12(13-10)11-7-3-2-4-8-11;1-2-6-10(7-3-1)11-8-4-5-9-12-11;;;/h2*2-10,12-13H,1H3;1-9,11-13H;3-7,9-10,12H,11H2,1-2H3;2-7,9H,1H3;1-6,8-9H;;;/q6*-1;;;. The first-order chi connectivity index (χ1) is 47.7. The van der Waals surface area contributed by atoms with Gasteiger partial charge in [-0.25, -0.2) is 0 Å². The number of aryl methyl sites for hydroxylation is 3. The van der Waals surface area contributed by atoms with Gasteiger partial charge in [-0.1, -0.05) is 178 Å². The molecule has 0 bridgehead atoms. The molecule has 6 aromatic heterocycles. The van der Waals surface area contributed by atoms with E-state index in [1.54, 1.807) is 12.4 Å². The number of hydrogen-bond acceptors (Lipinski definition) is 6. The van der Waals surface area contributed by atoms with Gasteiger partial charge in [-0.15, -0.1) is 214 Å². The van der Waals surface area contributed by atoms with Gasteiger partial charge in [0.15, 0.2) is 0 Å². The monoisotopic (exact) mass is 1830 g/mol. The maximum Gasteiger partial charge on any atom is 0.0299 e. The Balaban J connectivity index is 0.000000169. The van der Waals surface area contributed by atoms with Gasteiger partial charge in [-0.05, 0) is 120 Å². The summed E-state index contributed by atoms with van der Waals surface area (Å²) in [7, 11) is 0. The Morgan fingerprint density at radius 2 is 0.540 bits per heavy atom. The summed E-state index contributed by atoms with van der Waals surface area (Å²) in [4.78, 5) is 26.7. The average molecular weight is 1830 g/mol. The van der Waals surface area contributed by atoms with Gasteiger partial charge in [0.25, 0.3) is 0 Å². The predicted octanol–water partition coefficient (Wildman–Crippen LogP) is 22.4. The van der Waals surface area contributed by atoms with Crippen molar-refractivity contribution in [3.8, 4) is 101 Å². The molecule has 0 fully saturated rings. The number of hydrogen-bond donors (Lipinski definition) is 0. The summed E-state index contributed by atoms with van der Waals surface area (Å²) >= 11 is 0. The first kappa shape index (κ1) is 77.2. The van der Waals surface area contributed by atoms with Gasteiger partial charge < -0.3 is 29.9 Å². The van der Waals surface area contributed by atoms with Crippen LogP contribution in [0.25, 0.3) is 101 Å². The molecule has 0 saturated heterocycles. The molecule has 9 heteroatoms. The molecular formula is C91H74Ir3N6-6. The molecule has 6 nitrogen and oxygen atoms in total. The van der Waals surface area contributed by atoms with E-state index in [9.17, 15) is 0 Å². The van der Waals surface area contributed by atoms with E-state index in [1.807, 2.05) is 239 Å². The van der Waals surface area contributed by atoms with Crippen molar-refractivity contribution in [3.05, 3.63) is 399 Å². The van der Waals surface area contributed by atoms with Crippen molar-refractivity contribution in [3.63, 3.8) is 0 Å². The molecule has 0 unspecified atom stereocenters. The smallest absolute Gasteiger partial charge is 0.0299 e. The van der Waals surface area contributed by atoms with Crippen molar-refractivity contribution in [2.45, 2.75) is 41.0 Å². The number of nitrogens with zero attached hydrogens (tertiary/aromatic N) is 6. The molecule has 0 spiro atoms. The summed E-state index contributed by atoms with van der Waals surface area (Å²) in [5.41, 5.74) is 23.6. The van der Waals surface area contributed by atoms with Crippen LogP contribution in [0, 0.1) is 63.1 Å². The van der Waals surface area contributed by atoms with Crippen molar-refractivity contribution >= 4 is 0 Å². The van der Waals surface area contributed by atoms with Crippen LogP contribution in [0.4, 0.5) is 0 Å². The van der Waals surface area contributed by atoms with Crippen molar-refractivity contribution in [2.24, 2.45) is 5.92 Å². The zero-order valence-corrected chi connectivity index (χ0v) is 63.5. The van der Waals surface area contributed by atoms with E-state index in [0.29, 0.717) is 5.92 Å². The third-order valence-electron chi connectivity index (χ3n) is 14.9. The average Bonchev–Trinajstić information content (AvgIpc) is 0.858. The van der Waals surface area contributed by atoms with E-state index in [4.69, 9.17) is 0 Å². The van der Waals surface area contributed by atoms with Gasteiger partial charge in [-0.2, -0.15) is 0 Å². The third kappa shape index (κ3) is 24.7. The zero-order valence-electron chi connectivity index (χ0n) is 56.3. The van der Waals surface area contributed by atoms with E-state index in [-0.39, 0.29) is 60.3 Å². The first-order valence-corrected chi connectivity index (χ1v) is 32.4. The van der Waals surface area contributed by atoms with E-state index < -0.39 is 0 Å². The molecule has 3 radical (unpaired) electrons. The van der Waals surface area contributed by atoms with Crippen molar-refractivity contribution in [1.82, 2.24) is 29.9 Å². The van der Waals surface area contributed by atoms with Gasteiger partial charge >= 0.3 is 0 Å².